The van der Waals surface area contributed by atoms with Gasteiger partial charge in [0.25, 0.3) is 0 Å². The molecule has 0 saturated heterocycles. The Balaban J connectivity index is 1.67. The number of rotatable bonds is 5. The molecule has 4 rings (SSSR count). The Morgan fingerprint density at radius 1 is 0.968 bits per heavy atom. The number of nitrogens with one attached hydrogen (secondary N) is 1. The maximum atomic E-state index is 10.2. The van der Waals surface area contributed by atoms with Gasteiger partial charge in [-0.05, 0) is 74.3 Å². The number of aromatic nitrogens is 2. The largest absolute Gasteiger partial charge is 0.506 e. The minimum absolute atomic E-state index is 0.0738. The zero-order chi connectivity index (χ0) is 22.1. The van der Waals surface area contributed by atoms with Gasteiger partial charge in [0.1, 0.15) is 21.8 Å². The Kier molecular flexibility index (Phi) is 5.88. The van der Waals surface area contributed by atoms with Crippen molar-refractivity contribution in [1.29, 1.82) is 0 Å². The average molecular weight is 547 g/mol. The number of ether oxygens (including phenoxy) is 2. The highest BCUT2D eigenvalue weighted by atomic mass is 79.9. The van der Waals surface area contributed by atoms with Gasteiger partial charge in [0, 0.05) is 17.3 Å². The summed E-state index contributed by atoms with van der Waals surface area (Å²) >= 11 is 6.41. The predicted octanol–water partition coefficient (Wildman–Crippen LogP) is 5.93. The molecule has 0 aliphatic heterocycles. The fraction of sp³-hybridized carbons (Fsp3) is 0.0909. The summed E-state index contributed by atoms with van der Waals surface area (Å²) in [6, 6.07) is 12.8. The second-order valence-corrected chi connectivity index (χ2v) is 8.22. The van der Waals surface area contributed by atoms with Gasteiger partial charge in [-0.1, -0.05) is 0 Å². The molecule has 3 aromatic carbocycles. The summed E-state index contributed by atoms with van der Waals surface area (Å²) in [7, 11) is 3.18. The molecule has 4 aromatic rings. The molecule has 9 heteroatoms. The first kappa shape index (κ1) is 21.2. The molecule has 0 amide bonds. The van der Waals surface area contributed by atoms with Crippen LogP contribution in [0.3, 0.4) is 0 Å². The molecule has 0 bridgehead atoms. The van der Waals surface area contributed by atoms with Crippen molar-refractivity contribution < 1.29 is 19.7 Å². The summed E-state index contributed by atoms with van der Waals surface area (Å²) < 4.78 is 11.3. The highest BCUT2D eigenvalue weighted by Gasteiger charge is 2.13. The third kappa shape index (κ3) is 4.11. The van der Waals surface area contributed by atoms with Crippen molar-refractivity contribution in [2.75, 3.05) is 14.2 Å². The molecule has 0 atom stereocenters. The van der Waals surface area contributed by atoms with E-state index in [2.05, 4.69) is 46.8 Å². The highest BCUT2D eigenvalue weighted by molar-refractivity contribution is 9.11. The van der Waals surface area contributed by atoms with Crippen molar-refractivity contribution in [2.45, 2.75) is 0 Å². The van der Waals surface area contributed by atoms with Gasteiger partial charge >= 0.3 is 0 Å². The molecule has 0 spiro atoms. The normalized spacial score (nSPS) is 11.4. The molecule has 3 N–H and O–H groups in total. The van der Waals surface area contributed by atoms with E-state index in [0.717, 1.165) is 16.6 Å². The van der Waals surface area contributed by atoms with Crippen LogP contribution in [0.2, 0.25) is 0 Å². The lowest BCUT2D eigenvalue weighted by molar-refractivity contribution is 0.355. The number of aromatic amines is 1. The summed E-state index contributed by atoms with van der Waals surface area (Å²) in [4.78, 5) is 12.4. The van der Waals surface area contributed by atoms with Crippen LogP contribution in [0.25, 0.3) is 22.4 Å². The summed E-state index contributed by atoms with van der Waals surface area (Å²) in [5.41, 5.74) is 3.59. The molecule has 158 valence electrons. The minimum atomic E-state index is -0.0963. The van der Waals surface area contributed by atoms with Crippen molar-refractivity contribution in [3.05, 3.63) is 57.0 Å². The Morgan fingerprint density at radius 3 is 2.48 bits per heavy atom. The van der Waals surface area contributed by atoms with E-state index in [1.165, 1.54) is 6.21 Å². The van der Waals surface area contributed by atoms with Crippen molar-refractivity contribution in [2.24, 2.45) is 4.99 Å². The average Bonchev–Trinajstić information content (AvgIpc) is 3.22. The van der Waals surface area contributed by atoms with Gasteiger partial charge in [0.2, 0.25) is 0 Å². The standard InChI is InChI=1S/C22H17Br2N3O4/c1-30-17-6-3-11(8-18(17)31-2)22-26-15-5-4-13(9-16(15)27-22)25-10-12-7-14(23)21(29)19(24)20(12)28/h3-10,28-29H,1-2H3,(H,26,27)/b25-10+. The number of methoxy groups -OCH3 is 2. The second kappa shape index (κ2) is 8.60. The highest BCUT2D eigenvalue weighted by Crippen LogP contribution is 2.41. The third-order valence-electron chi connectivity index (χ3n) is 4.67. The first-order chi connectivity index (χ1) is 14.9. The lowest BCUT2D eigenvalue weighted by Crippen LogP contribution is -1.91. The van der Waals surface area contributed by atoms with Crippen molar-refractivity contribution in [3.63, 3.8) is 0 Å². The van der Waals surface area contributed by atoms with E-state index in [1.807, 2.05) is 36.4 Å². The third-order valence-corrected chi connectivity index (χ3v) is 6.03. The molecule has 0 saturated carbocycles. The minimum Gasteiger partial charge on any atom is -0.506 e. The second-order valence-electron chi connectivity index (χ2n) is 6.57. The summed E-state index contributed by atoms with van der Waals surface area (Å²) in [5.74, 6) is 1.80. The van der Waals surface area contributed by atoms with Gasteiger partial charge in [-0.15, -0.1) is 0 Å². The molecule has 0 aliphatic carbocycles. The van der Waals surface area contributed by atoms with Crippen LogP contribution in [0.15, 0.2) is 56.4 Å². The van der Waals surface area contributed by atoms with Gasteiger partial charge in [-0.2, -0.15) is 0 Å². The van der Waals surface area contributed by atoms with E-state index < -0.39 is 0 Å². The van der Waals surface area contributed by atoms with E-state index in [0.29, 0.717) is 33.0 Å². The number of H-pyrrole nitrogens is 1. The van der Waals surface area contributed by atoms with Crippen LogP contribution in [0, 0.1) is 0 Å². The smallest absolute Gasteiger partial charge is 0.161 e. The lowest BCUT2D eigenvalue weighted by atomic mass is 10.2. The van der Waals surface area contributed by atoms with Crippen LogP contribution in [0.5, 0.6) is 23.0 Å². The first-order valence-corrected chi connectivity index (χ1v) is 10.7. The molecule has 0 fully saturated rings. The molecule has 1 heterocycles. The Hall–Kier alpha value is -3.04. The number of hydrogen-bond acceptors (Lipinski definition) is 6. The van der Waals surface area contributed by atoms with E-state index in [1.54, 1.807) is 20.3 Å². The maximum Gasteiger partial charge on any atom is 0.161 e. The lowest BCUT2D eigenvalue weighted by Gasteiger charge is -2.08. The van der Waals surface area contributed by atoms with Crippen LogP contribution < -0.4 is 9.47 Å². The molecule has 1 aromatic heterocycles. The number of aromatic hydroxyl groups is 2. The van der Waals surface area contributed by atoms with E-state index >= 15 is 0 Å². The van der Waals surface area contributed by atoms with Crippen LogP contribution in [0.4, 0.5) is 5.69 Å². The van der Waals surface area contributed by atoms with Gasteiger partial charge in [0.15, 0.2) is 11.5 Å². The Morgan fingerprint density at radius 2 is 1.74 bits per heavy atom. The van der Waals surface area contributed by atoms with Crippen molar-refractivity contribution >= 4 is 54.8 Å². The topological polar surface area (TPSA) is 100.0 Å². The van der Waals surface area contributed by atoms with Crippen LogP contribution in [0.1, 0.15) is 5.56 Å². The SMILES string of the molecule is COc1ccc(-c2nc3cc(/N=C/c4cc(Br)c(O)c(Br)c4O)ccc3[nH]2)cc1OC. The molecule has 0 unspecified atom stereocenters. The maximum absolute atomic E-state index is 10.2. The number of fused-ring (bicyclic) bond motifs is 1. The number of nitrogens with zero attached hydrogens (tertiary/aromatic N) is 2. The molecule has 31 heavy (non-hydrogen) atoms. The van der Waals surface area contributed by atoms with Gasteiger partial charge in [-0.3, -0.25) is 4.99 Å². The number of aliphatic imine (C=N–C) groups is 1. The van der Waals surface area contributed by atoms with E-state index in [-0.39, 0.29) is 16.0 Å². The monoisotopic (exact) mass is 545 g/mol. The van der Waals surface area contributed by atoms with Gasteiger partial charge < -0.3 is 24.7 Å². The predicted molar refractivity (Wildman–Crippen MR) is 127 cm³/mol. The summed E-state index contributed by atoms with van der Waals surface area (Å²) in [6.45, 7) is 0. The van der Waals surface area contributed by atoms with E-state index in [4.69, 9.17) is 9.47 Å². The van der Waals surface area contributed by atoms with Crippen LogP contribution >= 0.6 is 31.9 Å². The van der Waals surface area contributed by atoms with Crippen molar-refractivity contribution in [1.82, 2.24) is 9.97 Å². The first-order valence-electron chi connectivity index (χ1n) is 9.07. The zero-order valence-electron chi connectivity index (χ0n) is 16.5. The molecule has 0 aliphatic rings. The van der Waals surface area contributed by atoms with Gasteiger partial charge in [0.05, 0.1) is 35.4 Å². The molecular weight excluding hydrogens is 530 g/mol. The fourth-order valence-corrected chi connectivity index (χ4v) is 4.21. The van der Waals surface area contributed by atoms with E-state index in [9.17, 15) is 10.2 Å². The Bertz CT molecular complexity index is 1320. The Labute approximate surface area is 194 Å². The van der Waals surface area contributed by atoms with Crippen LogP contribution in [-0.2, 0) is 0 Å². The fourth-order valence-electron chi connectivity index (χ4n) is 3.05. The number of hydrogen-bond donors (Lipinski definition) is 3. The number of halogens is 2. The quantitative estimate of drug-likeness (QED) is 0.269. The number of phenolic OH excluding ortho intramolecular Hbond substituents is 2. The summed E-state index contributed by atoms with van der Waals surface area (Å²) in [6.07, 6.45) is 1.52. The number of benzene rings is 3. The summed E-state index contributed by atoms with van der Waals surface area (Å²) in [5, 5.41) is 20.1. The van der Waals surface area contributed by atoms with Crippen molar-refractivity contribution in [3.8, 4) is 34.4 Å². The molecule has 0 radical (unpaired) electrons. The van der Waals surface area contributed by atoms with Gasteiger partial charge in [-0.25, -0.2) is 4.98 Å². The molecular formula is C22H17Br2N3O4. The molecule has 7 nitrogen and oxygen atoms in total. The number of phenols is 2. The van der Waals surface area contributed by atoms with Crippen LogP contribution in [-0.4, -0.2) is 40.6 Å². The number of imidazole rings is 1. The zero-order valence-corrected chi connectivity index (χ0v) is 19.7.